The molecule has 0 amide bonds. The monoisotopic (exact) mass is 367 g/mol. The highest BCUT2D eigenvalue weighted by Crippen LogP contribution is 2.22. The molecule has 0 bridgehead atoms. The zero-order chi connectivity index (χ0) is 19.0. The molecule has 26 heavy (non-hydrogen) atoms. The van der Waals surface area contributed by atoms with Crippen LogP contribution < -0.4 is 0 Å². The van der Waals surface area contributed by atoms with E-state index in [0.29, 0.717) is 6.10 Å². The van der Waals surface area contributed by atoms with Crippen molar-refractivity contribution < 1.29 is 4.74 Å². The lowest BCUT2D eigenvalue weighted by molar-refractivity contribution is 0.00436. The molecular weight excluding hydrogens is 318 g/mol. The number of hydrogen-bond acceptors (Lipinski definition) is 2. The van der Waals surface area contributed by atoms with Crippen molar-refractivity contribution in [2.24, 2.45) is 11.8 Å². The van der Waals surface area contributed by atoms with Gasteiger partial charge in [0.1, 0.15) is 0 Å². The molecule has 0 aromatic carbocycles. The molecule has 2 heteroatoms. The predicted molar refractivity (Wildman–Crippen MR) is 116 cm³/mol. The molecule has 0 atom stereocenters. The highest BCUT2D eigenvalue weighted by molar-refractivity contribution is 4.72. The van der Waals surface area contributed by atoms with E-state index in [1.54, 1.807) is 0 Å². The summed E-state index contributed by atoms with van der Waals surface area (Å²) < 4.78 is 6.22. The zero-order valence-corrected chi connectivity index (χ0v) is 18.6. The van der Waals surface area contributed by atoms with E-state index in [2.05, 4.69) is 32.6 Å². The zero-order valence-electron chi connectivity index (χ0n) is 18.6. The van der Waals surface area contributed by atoms with Gasteiger partial charge < -0.3 is 9.64 Å². The van der Waals surface area contributed by atoms with Crippen molar-refractivity contribution in [2.45, 2.75) is 117 Å². The minimum Gasteiger partial charge on any atom is -0.378 e. The van der Waals surface area contributed by atoms with Crippen molar-refractivity contribution in [2.75, 3.05) is 26.2 Å². The fourth-order valence-corrected chi connectivity index (χ4v) is 4.23. The van der Waals surface area contributed by atoms with Crippen LogP contribution >= 0.6 is 0 Å². The number of unbranched alkanes of at least 4 members (excludes halogenated alkanes) is 3. The number of piperidine rings is 1. The lowest BCUT2D eigenvalue weighted by atomic mass is 9.92. The summed E-state index contributed by atoms with van der Waals surface area (Å²) in [7, 11) is 0. The first-order valence-corrected chi connectivity index (χ1v) is 12.0. The van der Waals surface area contributed by atoms with Gasteiger partial charge in [0.25, 0.3) is 0 Å². The van der Waals surface area contributed by atoms with Gasteiger partial charge in [-0.3, -0.25) is 0 Å². The molecule has 0 aromatic heterocycles. The normalized spacial score (nSPS) is 16.8. The lowest BCUT2D eigenvalue weighted by Crippen LogP contribution is -2.37. The molecule has 1 aliphatic heterocycles. The van der Waals surface area contributed by atoms with Crippen LogP contribution in [0, 0.1) is 11.8 Å². The number of rotatable bonds is 16. The molecule has 1 saturated heterocycles. The number of hydrogen-bond donors (Lipinski definition) is 0. The van der Waals surface area contributed by atoms with Crippen molar-refractivity contribution in [1.82, 2.24) is 4.90 Å². The van der Waals surface area contributed by atoms with E-state index >= 15 is 0 Å². The van der Waals surface area contributed by atoms with E-state index in [4.69, 9.17) is 4.74 Å². The average Bonchev–Trinajstić information content (AvgIpc) is 2.64. The molecule has 1 fully saturated rings. The minimum absolute atomic E-state index is 0.534. The molecule has 0 aliphatic carbocycles. The van der Waals surface area contributed by atoms with Gasteiger partial charge >= 0.3 is 0 Å². The fraction of sp³-hybridized carbons (Fsp3) is 1.00. The summed E-state index contributed by atoms with van der Waals surface area (Å²) in [5.41, 5.74) is 0. The maximum atomic E-state index is 6.22. The average molecular weight is 368 g/mol. The highest BCUT2D eigenvalue weighted by atomic mass is 16.5. The third-order valence-electron chi connectivity index (χ3n) is 6.08. The van der Waals surface area contributed by atoms with Crippen LogP contribution in [0.2, 0.25) is 0 Å². The number of ether oxygens (including phenoxy) is 1. The van der Waals surface area contributed by atoms with Gasteiger partial charge in [0, 0.05) is 19.7 Å². The van der Waals surface area contributed by atoms with Crippen LogP contribution in [0.4, 0.5) is 0 Å². The van der Waals surface area contributed by atoms with Crippen molar-refractivity contribution in [1.29, 1.82) is 0 Å². The first-order chi connectivity index (χ1) is 12.7. The second-order valence-electron chi connectivity index (χ2n) is 9.09. The van der Waals surface area contributed by atoms with Gasteiger partial charge in [0.15, 0.2) is 0 Å². The second-order valence-corrected chi connectivity index (χ2v) is 9.09. The van der Waals surface area contributed by atoms with E-state index in [1.807, 2.05) is 0 Å². The molecule has 1 rings (SSSR count). The van der Waals surface area contributed by atoms with Crippen LogP contribution in [0.15, 0.2) is 0 Å². The molecule has 156 valence electrons. The largest absolute Gasteiger partial charge is 0.378 e. The van der Waals surface area contributed by atoms with E-state index < -0.39 is 0 Å². The third kappa shape index (κ3) is 12.3. The van der Waals surface area contributed by atoms with Gasteiger partial charge in [-0.05, 0) is 50.5 Å². The highest BCUT2D eigenvalue weighted by Gasteiger charge is 2.19. The Morgan fingerprint density at radius 3 is 2.00 bits per heavy atom. The van der Waals surface area contributed by atoms with Crippen molar-refractivity contribution >= 4 is 0 Å². The third-order valence-corrected chi connectivity index (χ3v) is 6.08. The van der Waals surface area contributed by atoms with Gasteiger partial charge in [-0.2, -0.15) is 0 Å². The molecule has 0 radical (unpaired) electrons. The maximum Gasteiger partial charge on any atom is 0.0599 e. The summed E-state index contributed by atoms with van der Waals surface area (Å²) >= 11 is 0. The van der Waals surface area contributed by atoms with Crippen LogP contribution in [0.3, 0.4) is 0 Å². The Labute approximate surface area is 165 Å². The van der Waals surface area contributed by atoms with Gasteiger partial charge in [0.05, 0.1) is 6.10 Å². The van der Waals surface area contributed by atoms with Gasteiger partial charge in [0.2, 0.25) is 0 Å². The predicted octanol–water partition coefficient (Wildman–Crippen LogP) is 7.07. The van der Waals surface area contributed by atoms with Crippen LogP contribution in [0.5, 0.6) is 0 Å². The summed E-state index contributed by atoms with van der Waals surface area (Å²) in [5.74, 6) is 1.81. The Kier molecular flexibility index (Phi) is 14.7. The smallest absolute Gasteiger partial charge is 0.0599 e. The van der Waals surface area contributed by atoms with Gasteiger partial charge in [-0.1, -0.05) is 79.1 Å². The lowest BCUT2D eigenvalue weighted by Gasteiger charge is -2.32. The molecule has 2 nitrogen and oxygen atoms in total. The standard InChI is InChI=1S/C24H49NO/c1-5-7-13-23(14-8-6-2)15-11-21-26-24-16-19-25(20-17-24)18-10-9-12-22(3)4/h22-24H,5-21H2,1-4H3. The van der Waals surface area contributed by atoms with E-state index in [0.717, 1.165) is 18.4 Å². The summed E-state index contributed by atoms with van der Waals surface area (Å²) in [5, 5.41) is 0. The van der Waals surface area contributed by atoms with Crippen LogP contribution in [0.25, 0.3) is 0 Å². The molecule has 0 saturated carbocycles. The Balaban J connectivity index is 2.04. The first-order valence-electron chi connectivity index (χ1n) is 12.0. The van der Waals surface area contributed by atoms with E-state index in [1.165, 1.54) is 103 Å². The molecule has 0 aromatic rings. The van der Waals surface area contributed by atoms with E-state index in [-0.39, 0.29) is 0 Å². The summed E-state index contributed by atoms with van der Waals surface area (Å²) in [4.78, 5) is 2.66. The van der Waals surface area contributed by atoms with Crippen molar-refractivity contribution in [3.63, 3.8) is 0 Å². The minimum atomic E-state index is 0.534. The Morgan fingerprint density at radius 2 is 1.42 bits per heavy atom. The van der Waals surface area contributed by atoms with Crippen LogP contribution in [0.1, 0.15) is 111 Å². The molecule has 0 N–H and O–H groups in total. The Hall–Kier alpha value is -0.0800. The van der Waals surface area contributed by atoms with Crippen LogP contribution in [-0.2, 0) is 4.74 Å². The second kappa shape index (κ2) is 15.9. The topological polar surface area (TPSA) is 12.5 Å². The first kappa shape index (κ1) is 24.0. The quantitative estimate of drug-likeness (QED) is 0.270. The molecule has 1 aliphatic rings. The van der Waals surface area contributed by atoms with Gasteiger partial charge in [-0.25, -0.2) is 0 Å². The SMILES string of the molecule is CCCCC(CCCC)CCCOC1CCN(CCCCC(C)C)CC1. The number of nitrogens with zero attached hydrogens (tertiary/aromatic N) is 1. The van der Waals surface area contributed by atoms with Gasteiger partial charge in [-0.15, -0.1) is 0 Å². The summed E-state index contributed by atoms with van der Waals surface area (Å²) in [6.07, 6.45) is 18.2. The maximum absolute atomic E-state index is 6.22. The molecule has 0 spiro atoms. The fourth-order valence-electron chi connectivity index (χ4n) is 4.23. The Morgan fingerprint density at radius 1 is 0.808 bits per heavy atom. The Bertz CT molecular complexity index is 289. The molecular formula is C24H49NO. The van der Waals surface area contributed by atoms with Crippen LogP contribution in [-0.4, -0.2) is 37.2 Å². The van der Waals surface area contributed by atoms with E-state index in [9.17, 15) is 0 Å². The molecule has 0 unspecified atom stereocenters. The summed E-state index contributed by atoms with van der Waals surface area (Å²) in [6.45, 7) is 14.1. The number of likely N-dealkylation sites (tertiary alicyclic amines) is 1. The van der Waals surface area contributed by atoms with Crippen molar-refractivity contribution in [3.05, 3.63) is 0 Å². The molecule has 1 heterocycles. The summed E-state index contributed by atoms with van der Waals surface area (Å²) in [6, 6.07) is 0. The van der Waals surface area contributed by atoms with Crippen molar-refractivity contribution in [3.8, 4) is 0 Å².